The molecule has 6 aromatic rings. The van der Waals surface area contributed by atoms with Crippen molar-refractivity contribution in [3.8, 4) is 22.9 Å². The molecule has 3 aromatic heterocycles. The van der Waals surface area contributed by atoms with Gasteiger partial charge < -0.3 is 65.1 Å². The Morgan fingerprint density at radius 3 is 2.56 bits per heavy atom. The molecule has 0 spiro atoms. The molecule has 2 aliphatic rings. The van der Waals surface area contributed by atoms with Crippen LogP contribution >= 0.6 is 0 Å². The van der Waals surface area contributed by atoms with Crippen molar-refractivity contribution in [3.05, 3.63) is 93.7 Å². The first kappa shape index (κ1) is 45.1. The molecule has 342 valence electrons. The van der Waals surface area contributed by atoms with Crippen LogP contribution in [0, 0.1) is 12.8 Å². The number of fused-ring (bicyclic) bond motifs is 4. The van der Waals surface area contributed by atoms with E-state index < -0.39 is 55.3 Å². The quantitative estimate of drug-likeness (QED) is 0.0440. The van der Waals surface area contributed by atoms with Crippen molar-refractivity contribution in [2.75, 3.05) is 33.4 Å². The third kappa shape index (κ3) is 8.45. The second-order valence-electron chi connectivity index (χ2n) is 17.3. The largest absolute Gasteiger partial charge is 0.508 e. The van der Waals surface area contributed by atoms with E-state index in [0.717, 1.165) is 16.6 Å². The third-order valence-electron chi connectivity index (χ3n) is 13.0. The summed E-state index contributed by atoms with van der Waals surface area (Å²) in [4.78, 5) is 41.8. The van der Waals surface area contributed by atoms with Crippen LogP contribution in [-0.2, 0) is 33.8 Å². The maximum atomic E-state index is 13.8. The maximum absolute atomic E-state index is 13.8. The monoisotopic (exact) mass is 884 g/mol. The van der Waals surface area contributed by atoms with Gasteiger partial charge in [-0.1, -0.05) is 13.0 Å². The number of nitrogens with one attached hydrogen (secondary N) is 3. The van der Waals surface area contributed by atoms with E-state index in [2.05, 4.69) is 15.6 Å². The smallest absolute Gasteiger partial charge is 0.220 e. The lowest BCUT2D eigenvalue weighted by molar-refractivity contribution is -0.373. The van der Waals surface area contributed by atoms with Gasteiger partial charge in [0.2, 0.25) is 5.91 Å². The Hall–Kier alpha value is -5.50. The minimum atomic E-state index is -2.42. The fraction of sp³-hybridized carbons (Fsp3) is 0.447. The number of nitrogens with zero attached hydrogens (tertiary/aromatic N) is 1. The molecular weight excluding hydrogens is 829 g/mol. The van der Waals surface area contributed by atoms with Crippen molar-refractivity contribution in [2.24, 2.45) is 5.92 Å². The fourth-order valence-electron chi connectivity index (χ4n) is 9.49. The first-order valence-electron chi connectivity index (χ1n) is 21.7. The van der Waals surface area contributed by atoms with Crippen molar-refractivity contribution < 1.29 is 59.5 Å². The summed E-state index contributed by atoms with van der Waals surface area (Å²) in [6.45, 7) is 2.99. The van der Waals surface area contributed by atoms with Gasteiger partial charge in [0.15, 0.2) is 16.8 Å². The summed E-state index contributed by atoms with van der Waals surface area (Å²) in [6, 6.07) is 12.3. The predicted octanol–water partition coefficient (Wildman–Crippen LogP) is 3.07. The number of hydrogen-bond donors (Lipinski definition) is 10. The molecule has 1 saturated heterocycles. The lowest BCUT2D eigenvalue weighted by atomic mass is 9.79. The normalized spacial score (nSPS) is 21.2. The SMILES string of the molecule is CCc1c2cc[nH]c2cn1-c1c2c(cc3c(=O)cc(C)oc13)CC(OOCC(O)(Cc1ccc(O)c3ccc(O)cc13)C(O)C(O)C(O)CO)C(CCNC)(CCC1CNC(=O)C1)O2. The number of aromatic amines is 1. The zero-order valence-electron chi connectivity index (χ0n) is 36.0. The van der Waals surface area contributed by atoms with E-state index in [1.165, 1.54) is 36.4 Å². The van der Waals surface area contributed by atoms with Crippen molar-refractivity contribution >= 4 is 38.6 Å². The molecule has 1 fully saturated rings. The third-order valence-corrected chi connectivity index (χ3v) is 13.0. The summed E-state index contributed by atoms with van der Waals surface area (Å²) in [7, 11) is 1.81. The van der Waals surface area contributed by atoms with Crippen molar-refractivity contribution in [2.45, 2.75) is 94.4 Å². The molecule has 5 heterocycles. The van der Waals surface area contributed by atoms with Crippen LogP contribution in [0.2, 0.25) is 0 Å². The van der Waals surface area contributed by atoms with E-state index in [4.69, 9.17) is 18.9 Å². The molecule has 8 rings (SSSR count). The van der Waals surface area contributed by atoms with Crippen LogP contribution in [-0.4, -0.2) is 120 Å². The average molecular weight is 885 g/mol. The van der Waals surface area contributed by atoms with Crippen LogP contribution in [0.3, 0.4) is 0 Å². The van der Waals surface area contributed by atoms with E-state index in [0.29, 0.717) is 95.3 Å². The number of aliphatic hydroxyl groups excluding tert-OH is 4. The number of aliphatic hydroxyl groups is 5. The Morgan fingerprint density at radius 2 is 1.83 bits per heavy atom. The maximum Gasteiger partial charge on any atom is 0.220 e. The Morgan fingerprint density at radius 1 is 1.02 bits per heavy atom. The number of phenolic OH excluding ortho intramolecular Hbond substituents is 2. The summed E-state index contributed by atoms with van der Waals surface area (Å²) in [5.41, 5.74) is -0.185. The number of rotatable bonds is 18. The molecule has 17 nitrogen and oxygen atoms in total. The van der Waals surface area contributed by atoms with Crippen molar-refractivity contribution in [3.63, 3.8) is 0 Å². The molecule has 1 amide bonds. The summed E-state index contributed by atoms with van der Waals surface area (Å²) in [6.07, 6.45) is -1.17. The number of amides is 1. The molecule has 3 aromatic carbocycles. The van der Waals surface area contributed by atoms with Gasteiger partial charge in [-0.05, 0) is 93.0 Å². The number of carbonyl (C=O) groups is 1. The number of aromatic nitrogens is 2. The average Bonchev–Trinajstić information content (AvgIpc) is 4.01. The van der Waals surface area contributed by atoms with Crippen LogP contribution in [0.25, 0.3) is 38.3 Å². The number of benzene rings is 3. The zero-order valence-corrected chi connectivity index (χ0v) is 36.0. The first-order valence-corrected chi connectivity index (χ1v) is 21.7. The van der Waals surface area contributed by atoms with E-state index in [1.807, 2.05) is 37.0 Å². The molecular formula is C47H56N4O13. The molecule has 64 heavy (non-hydrogen) atoms. The summed E-state index contributed by atoms with van der Waals surface area (Å²) >= 11 is 0. The topological polar surface area (TPSA) is 261 Å². The highest BCUT2D eigenvalue weighted by Gasteiger charge is 2.50. The number of ether oxygens (including phenoxy) is 1. The number of aryl methyl sites for hydroxylation is 2. The van der Waals surface area contributed by atoms with Gasteiger partial charge in [-0.15, -0.1) is 0 Å². The van der Waals surface area contributed by atoms with Gasteiger partial charge in [0.1, 0.15) is 65.2 Å². The number of phenols is 2. The minimum absolute atomic E-state index is 0.00139. The van der Waals surface area contributed by atoms with E-state index in [1.54, 1.807) is 13.0 Å². The zero-order chi connectivity index (χ0) is 45.5. The van der Waals surface area contributed by atoms with Gasteiger partial charge in [0.25, 0.3) is 0 Å². The molecule has 7 atom stereocenters. The highest BCUT2D eigenvalue weighted by Crippen LogP contribution is 2.47. The van der Waals surface area contributed by atoms with Crippen molar-refractivity contribution in [1.29, 1.82) is 0 Å². The van der Waals surface area contributed by atoms with Gasteiger partial charge in [0.05, 0.1) is 17.5 Å². The van der Waals surface area contributed by atoms with E-state index in [-0.39, 0.29) is 35.2 Å². The molecule has 0 bridgehead atoms. The van der Waals surface area contributed by atoms with E-state index >= 15 is 0 Å². The minimum Gasteiger partial charge on any atom is -0.508 e. The highest BCUT2D eigenvalue weighted by atomic mass is 17.2. The Labute approximate surface area is 367 Å². The van der Waals surface area contributed by atoms with Gasteiger partial charge in [-0.25, -0.2) is 9.78 Å². The lowest BCUT2D eigenvalue weighted by Crippen LogP contribution is -2.58. The summed E-state index contributed by atoms with van der Waals surface area (Å²) in [5.74, 6) is 0.617. The molecule has 2 aliphatic heterocycles. The molecule has 7 unspecified atom stereocenters. The number of carbonyl (C=O) groups excluding carboxylic acids is 1. The van der Waals surface area contributed by atoms with E-state index in [9.17, 15) is 45.3 Å². The second-order valence-corrected chi connectivity index (χ2v) is 17.3. The number of hydrogen-bond acceptors (Lipinski definition) is 14. The number of H-pyrrole nitrogens is 1. The molecule has 0 aliphatic carbocycles. The molecule has 17 heteroatoms. The van der Waals surface area contributed by atoms with Crippen LogP contribution in [0.4, 0.5) is 0 Å². The first-order chi connectivity index (χ1) is 30.7. The van der Waals surface area contributed by atoms with Gasteiger partial charge in [-0.3, -0.25) is 9.59 Å². The summed E-state index contributed by atoms with van der Waals surface area (Å²) < 4.78 is 15.7. The standard InChI is InChI=1S/C47H56N4O13/c1-4-35-31-10-13-49-34(31)22-51(35)41-43-28(17-33-37(55)15-25(2)62-44(33)41)18-39(47(63-43,12-14-48-3)11-9-26-16-40(57)50-21-26)64-61-24-46(60,45(59)42(58)38(56)23-52)20-27-5-8-36(54)30-7-6-29(53)19-32(27)30/h5-8,10,13,15,17,19,22,26,38-39,42,45,48-49,52-54,56,58-60H,4,9,11-12,14,16,18,20-21,23-24H2,1-3H3,(H,50,57). The Bertz CT molecular complexity index is 2730. The summed E-state index contributed by atoms with van der Waals surface area (Å²) in [5, 5.41) is 84.0. The molecule has 0 radical (unpaired) electrons. The predicted molar refractivity (Wildman–Crippen MR) is 236 cm³/mol. The van der Waals surface area contributed by atoms with Crippen LogP contribution in [0.1, 0.15) is 55.2 Å². The van der Waals surface area contributed by atoms with Gasteiger partial charge in [-0.2, -0.15) is 0 Å². The van der Waals surface area contributed by atoms with Crippen LogP contribution in [0.15, 0.2) is 70.1 Å². The van der Waals surface area contributed by atoms with Crippen LogP contribution < -0.4 is 20.8 Å². The lowest BCUT2D eigenvalue weighted by Gasteiger charge is -2.45. The second kappa shape index (κ2) is 18.2. The van der Waals surface area contributed by atoms with Crippen LogP contribution in [0.5, 0.6) is 17.2 Å². The molecule has 10 N–H and O–H groups in total. The van der Waals surface area contributed by atoms with Gasteiger partial charge in [0, 0.05) is 72.7 Å². The Balaban J connectivity index is 1.22. The highest BCUT2D eigenvalue weighted by molar-refractivity contribution is 5.93. The number of aromatic hydroxyl groups is 2. The molecule has 0 saturated carbocycles. The Kier molecular flexibility index (Phi) is 12.8. The van der Waals surface area contributed by atoms with Gasteiger partial charge >= 0.3 is 0 Å². The van der Waals surface area contributed by atoms with Crippen molar-refractivity contribution in [1.82, 2.24) is 20.2 Å². The fourth-order valence-corrected chi connectivity index (χ4v) is 9.49.